The van der Waals surface area contributed by atoms with E-state index in [0.29, 0.717) is 0 Å². The van der Waals surface area contributed by atoms with Crippen LogP contribution < -0.4 is 5.32 Å². The number of nitrogens with one attached hydrogen (secondary N) is 1. The molecular weight excluding hydrogens is 300 g/mol. The zero-order chi connectivity index (χ0) is 16.7. The molecule has 0 aliphatic heterocycles. The molecule has 0 fully saturated rings. The van der Waals surface area contributed by atoms with Crippen LogP contribution in [-0.2, 0) is 13.5 Å². The second-order valence-corrected chi connectivity index (χ2v) is 5.75. The Hall–Kier alpha value is -3.02. The minimum Gasteiger partial charge on any atom is -0.338 e. The molecule has 1 aromatic carbocycles. The highest BCUT2D eigenvalue weighted by Gasteiger charge is 2.15. The lowest BCUT2D eigenvalue weighted by atomic mass is 10.2. The summed E-state index contributed by atoms with van der Waals surface area (Å²) < 4.78 is 1.83. The zero-order valence-electron chi connectivity index (χ0n) is 13.9. The van der Waals surface area contributed by atoms with Crippen LogP contribution in [0, 0.1) is 6.92 Å². The molecule has 3 aromatic heterocycles. The molecule has 0 aliphatic carbocycles. The van der Waals surface area contributed by atoms with Crippen molar-refractivity contribution in [3.05, 3.63) is 48.0 Å². The second-order valence-electron chi connectivity index (χ2n) is 5.75. The predicted molar refractivity (Wildman–Crippen MR) is 95.4 cm³/mol. The molecule has 4 rings (SSSR count). The lowest BCUT2D eigenvalue weighted by Gasteiger charge is -2.11. The molecule has 6 heteroatoms. The van der Waals surface area contributed by atoms with E-state index in [1.54, 1.807) is 6.20 Å². The van der Waals surface area contributed by atoms with Gasteiger partial charge in [-0.2, -0.15) is 5.10 Å². The highest BCUT2D eigenvalue weighted by atomic mass is 15.3. The smallest absolute Gasteiger partial charge is 0.160 e. The van der Waals surface area contributed by atoms with Gasteiger partial charge in [-0.25, -0.2) is 9.97 Å². The van der Waals surface area contributed by atoms with Crippen molar-refractivity contribution < 1.29 is 0 Å². The van der Waals surface area contributed by atoms with Gasteiger partial charge in [0.25, 0.3) is 0 Å². The Morgan fingerprint density at radius 1 is 1.12 bits per heavy atom. The van der Waals surface area contributed by atoms with Gasteiger partial charge in [0, 0.05) is 30.7 Å². The van der Waals surface area contributed by atoms with Gasteiger partial charge in [-0.3, -0.25) is 9.67 Å². The molecule has 0 unspecified atom stereocenters. The maximum atomic E-state index is 4.69. The fraction of sp³-hybridized carbons (Fsp3) is 0.222. The first-order chi connectivity index (χ1) is 11.7. The van der Waals surface area contributed by atoms with Crippen LogP contribution in [0.4, 0.5) is 11.5 Å². The number of aromatic nitrogens is 5. The van der Waals surface area contributed by atoms with E-state index < -0.39 is 0 Å². The third kappa shape index (κ3) is 2.27. The number of fused-ring (bicyclic) bond motifs is 2. The fourth-order valence-electron chi connectivity index (χ4n) is 2.97. The summed E-state index contributed by atoms with van der Waals surface area (Å²) in [6, 6.07) is 10.0. The van der Waals surface area contributed by atoms with Crippen molar-refractivity contribution >= 4 is 33.4 Å². The molecule has 3 heterocycles. The number of rotatable bonds is 3. The van der Waals surface area contributed by atoms with Crippen molar-refractivity contribution in [3.8, 4) is 0 Å². The number of benzene rings is 1. The number of hydrogen-bond acceptors (Lipinski definition) is 5. The lowest BCUT2D eigenvalue weighted by Crippen LogP contribution is -2.03. The van der Waals surface area contributed by atoms with Crippen LogP contribution >= 0.6 is 0 Å². The van der Waals surface area contributed by atoms with E-state index in [1.807, 2.05) is 42.9 Å². The van der Waals surface area contributed by atoms with Crippen LogP contribution in [0.1, 0.15) is 18.4 Å². The summed E-state index contributed by atoms with van der Waals surface area (Å²) in [5.74, 6) is 1.58. The standard InChI is InChI=1S/C18H18N6/c1-4-15-21-16-11(2)23-24(3)17(16)18(22-15)20-14-9-5-8-13-12(14)7-6-10-19-13/h5-10H,4H2,1-3H3,(H,20,21,22). The monoisotopic (exact) mass is 318 g/mol. The van der Waals surface area contributed by atoms with Crippen LogP contribution in [0.25, 0.3) is 21.9 Å². The van der Waals surface area contributed by atoms with Crippen molar-refractivity contribution in [1.82, 2.24) is 24.7 Å². The molecule has 0 radical (unpaired) electrons. The molecule has 120 valence electrons. The average molecular weight is 318 g/mol. The van der Waals surface area contributed by atoms with Crippen LogP contribution in [0.2, 0.25) is 0 Å². The first-order valence-electron chi connectivity index (χ1n) is 7.98. The van der Waals surface area contributed by atoms with E-state index in [9.17, 15) is 0 Å². The maximum Gasteiger partial charge on any atom is 0.160 e. The van der Waals surface area contributed by atoms with Crippen molar-refractivity contribution in [2.75, 3.05) is 5.32 Å². The highest BCUT2D eigenvalue weighted by Crippen LogP contribution is 2.29. The molecular formula is C18H18N6. The number of aryl methyl sites for hydroxylation is 3. The summed E-state index contributed by atoms with van der Waals surface area (Å²) in [6.07, 6.45) is 2.57. The number of anilines is 2. The lowest BCUT2D eigenvalue weighted by molar-refractivity contribution is 0.782. The quantitative estimate of drug-likeness (QED) is 0.626. The molecule has 24 heavy (non-hydrogen) atoms. The third-order valence-electron chi connectivity index (χ3n) is 4.11. The van der Waals surface area contributed by atoms with Crippen LogP contribution in [-0.4, -0.2) is 24.7 Å². The van der Waals surface area contributed by atoms with Crippen LogP contribution in [0.3, 0.4) is 0 Å². The minimum absolute atomic E-state index is 0.774. The second kappa shape index (κ2) is 5.56. The Balaban J connectivity index is 1.93. The SMILES string of the molecule is CCc1nc(Nc2cccc3ncccc23)c2c(n1)c(C)nn2C. The first kappa shape index (κ1) is 14.6. The predicted octanol–water partition coefficient (Wildman–Crippen LogP) is 3.53. The van der Waals surface area contributed by atoms with Gasteiger partial charge in [0.1, 0.15) is 16.9 Å². The molecule has 0 aliphatic rings. The summed E-state index contributed by atoms with van der Waals surface area (Å²) in [5, 5.41) is 9.02. The Morgan fingerprint density at radius 3 is 2.83 bits per heavy atom. The number of hydrogen-bond donors (Lipinski definition) is 1. The molecule has 6 nitrogen and oxygen atoms in total. The molecule has 0 saturated carbocycles. The summed E-state index contributed by atoms with van der Waals surface area (Å²) in [4.78, 5) is 13.7. The Labute approximate surface area is 139 Å². The fourth-order valence-corrected chi connectivity index (χ4v) is 2.97. The van der Waals surface area contributed by atoms with Gasteiger partial charge in [-0.15, -0.1) is 0 Å². The maximum absolute atomic E-state index is 4.69. The number of nitrogens with zero attached hydrogens (tertiary/aromatic N) is 5. The van der Waals surface area contributed by atoms with Gasteiger partial charge < -0.3 is 5.32 Å². The van der Waals surface area contributed by atoms with Gasteiger partial charge in [-0.05, 0) is 31.2 Å². The van der Waals surface area contributed by atoms with Crippen molar-refractivity contribution in [1.29, 1.82) is 0 Å². The van der Waals surface area contributed by atoms with E-state index >= 15 is 0 Å². The average Bonchev–Trinajstić information content (AvgIpc) is 2.89. The molecule has 0 spiro atoms. The van der Waals surface area contributed by atoms with E-state index in [2.05, 4.69) is 33.4 Å². The molecule has 0 amide bonds. The minimum atomic E-state index is 0.774. The summed E-state index contributed by atoms with van der Waals surface area (Å²) in [5.41, 5.74) is 4.63. The zero-order valence-corrected chi connectivity index (χ0v) is 13.9. The molecule has 0 bridgehead atoms. The van der Waals surface area contributed by atoms with Gasteiger partial charge in [0.15, 0.2) is 5.82 Å². The van der Waals surface area contributed by atoms with Crippen molar-refractivity contribution in [2.45, 2.75) is 20.3 Å². The summed E-state index contributed by atoms with van der Waals surface area (Å²) >= 11 is 0. The van der Waals surface area contributed by atoms with E-state index in [0.717, 1.165) is 51.4 Å². The molecule has 4 aromatic rings. The third-order valence-corrected chi connectivity index (χ3v) is 4.11. The molecule has 1 N–H and O–H groups in total. The Morgan fingerprint density at radius 2 is 2.00 bits per heavy atom. The summed E-state index contributed by atoms with van der Waals surface area (Å²) in [6.45, 7) is 4.03. The topological polar surface area (TPSA) is 68.5 Å². The van der Waals surface area contributed by atoms with Gasteiger partial charge in [0.05, 0.1) is 11.2 Å². The number of pyridine rings is 1. The summed E-state index contributed by atoms with van der Waals surface area (Å²) in [7, 11) is 1.92. The van der Waals surface area contributed by atoms with Crippen molar-refractivity contribution in [3.63, 3.8) is 0 Å². The molecule has 0 atom stereocenters. The molecule has 0 saturated heterocycles. The van der Waals surface area contributed by atoms with Crippen LogP contribution in [0.5, 0.6) is 0 Å². The van der Waals surface area contributed by atoms with Gasteiger partial charge >= 0.3 is 0 Å². The van der Waals surface area contributed by atoms with Gasteiger partial charge in [0.2, 0.25) is 0 Å². The van der Waals surface area contributed by atoms with Crippen molar-refractivity contribution in [2.24, 2.45) is 7.05 Å². The van der Waals surface area contributed by atoms with Crippen LogP contribution in [0.15, 0.2) is 36.5 Å². The Bertz CT molecular complexity index is 1040. The normalized spacial score (nSPS) is 11.3. The highest BCUT2D eigenvalue weighted by molar-refractivity contribution is 5.96. The largest absolute Gasteiger partial charge is 0.338 e. The van der Waals surface area contributed by atoms with E-state index in [1.165, 1.54) is 0 Å². The van der Waals surface area contributed by atoms with E-state index in [4.69, 9.17) is 4.98 Å². The van der Waals surface area contributed by atoms with Gasteiger partial charge in [-0.1, -0.05) is 13.0 Å². The Kier molecular flexibility index (Phi) is 3.37. The first-order valence-corrected chi connectivity index (χ1v) is 7.98. The van der Waals surface area contributed by atoms with E-state index in [-0.39, 0.29) is 0 Å².